The van der Waals surface area contributed by atoms with E-state index in [1.807, 2.05) is 75.4 Å². The van der Waals surface area contributed by atoms with Gasteiger partial charge in [0, 0.05) is 31.6 Å². The third kappa shape index (κ3) is 12.9. The van der Waals surface area contributed by atoms with Gasteiger partial charge in [0.1, 0.15) is 17.7 Å². The predicted octanol–water partition coefficient (Wildman–Crippen LogP) is 5.29. The first-order chi connectivity index (χ1) is 23.3. The van der Waals surface area contributed by atoms with Crippen LogP contribution in [0.3, 0.4) is 0 Å². The molecule has 0 radical (unpaired) electrons. The van der Waals surface area contributed by atoms with E-state index in [-0.39, 0.29) is 31.5 Å². The summed E-state index contributed by atoms with van der Waals surface area (Å²) in [6, 6.07) is 17.5. The minimum Gasteiger partial charge on any atom is -0.390 e. The van der Waals surface area contributed by atoms with Crippen LogP contribution in [-0.4, -0.2) is 66.0 Å². The van der Waals surface area contributed by atoms with Gasteiger partial charge in [-0.1, -0.05) is 88.2 Å². The van der Waals surface area contributed by atoms with E-state index in [1.54, 1.807) is 0 Å². The molecule has 0 aliphatic rings. The number of carbonyl (C=O) groups is 2. The number of aryl methyl sites for hydroxylation is 2. The summed E-state index contributed by atoms with van der Waals surface area (Å²) in [5, 5.41) is 13.3. The molecule has 3 atom stereocenters. The maximum absolute atomic E-state index is 14.4. The molecule has 0 aromatic heterocycles. The molecule has 4 N–H and O–H groups in total. The van der Waals surface area contributed by atoms with E-state index in [0.717, 1.165) is 41.3 Å². The van der Waals surface area contributed by atoms with Gasteiger partial charge in [0.15, 0.2) is 9.84 Å². The minimum absolute atomic E-state index is 0.00876. The molecule has 2 unspecified atom stereocenters. The molecule has 0 bridgehead atoms. The zero-order valence-corrected chi connectivity index (χ0v) is 29.6. The van der Waals surface area contributed by atoms with Crippen molar-refractivity contribution in [2.45, 2.75) is 102 Å². The number of aliphatic hydroxyl groups is 1. The van der Waals surface area contributed by atoms with Crippen LogP contribution in [0.5, 0.6) is 0 Å². The lowest BCUT2D eigenvalue weighted by atomic mass is 10.0. The molecule has 2 amide bonds. The van der Waals surface area contributed by atoms with Gasteiger partial charge in [-0.3, -0.25) is 9.59 Å². The van der Waals surface area contributed by atoms with Crippen LogP contribution in [0.4, 0.5) is 8.78 Å². The van der Waals surface area contributed by atoms with Gasteiger partial charge in [0.25, 0.3) is 0 Å². The summed E-state index contributed by atoms with van der Waals surface area (Å²) in [7, 11) is -3.83. The molecular weight excluding hydrogens is 648 g/mol. The van der Waals surface area contributed by atoms with Crippen LogP contribution >= 0.6 is 0 Å². The first-order valence-corrected chi connectivity index (χ1v) is 18.9. The maximum Gasteiger partial charge on any atom is 0.246 e. The maximum atomic E-state index is 14.4. The number of amides is 2. The zero-order chi connectivity index (χ0) is 36.0. The number of carbonyl (C=O) groups excluding carboxylic acids is 2. The Morgan fingerprint density at radius 3 is 2.08 bits per heavy atom. The van der Waals surface area contributed by atoms with Crippen LogP contribution in [0.15, 0.2) is 72.8 Å². The van der Waals surface area contributed by atoms with Crippen LogP contribution in [0.25, 0.3) is 0 Å². The van der Waals surface area contributed by atoms with Crippen LogP contribution in [0.1, 0.15) is 75.1 Å². The lowest BCUT2D eigenvalue weighted by Crippen LogP contribution is -2.55. The van der Waals surface area contributed by atoms with Crippen LogP contribution in [0, 0.1) is 11.6 Å². The SMILES string of the molecule is CCCC(CCC)S(=O)(=O)CC(NC(=O)CCc1ccccc1)C(=O)N(Cc1cccc(CC)c1)C[C@@H](O)C(N)Cc1cc(F)cc(F)c1. The van der Waals surface area contributed by atoms with E-state index in [4.69, 9.17) is 5.73 Å². The lowest BCUT2D eigenvalue weighted by molar-refractivity contribution is -0.137. The average Bonchev–Trinajstić information content (AvgIpc) is 3.06. The molecule has 0 saturated carbocycles. The first kappa shape index (κ1) is 39.8. The van der Waals surface area contributed by atoms with Crippen molar-refractivity contribution in [2.24, 2.45) is 5.73 Å². The van der Waals surface area contributed by atoms with Crippen molar-refractivity contribution >= 4 is 21.7 Å². The lowest BCUT2D eigenvalue weighted by Gasteiger charge is -2.32. The van der Waals surface area contributed by atoms with Crippen LogP contribution in [-0.2, 0) is 45.2 Å². The van der Waals surface area contributed by atoms with Gasteiger partial charge >= 0.3 is 0 Å². The Bertz CT molecular complexity index is 1580. The first-order valence-electron chi connectivity index (χ1n) is 17.1. The van der Waals surface area contributed by atoms with Crippen molar-refractivity contribution in [2.75, 3.05) is 12.3 Å². The summed E-state index contributed by atoms with van der Waals surface area (Å²) < 4.78 is 55.3. The Balaban J connectivity index is 1.94. The summed E-state index contributed by atoms with van der Waals surface area (Å²) in [4.78, 5) is 29.0. The molecule has 3 rings (SSSR count). The van der Waals surface area contributed by atoms with Gasteiger partial charge in [-0.15, -0.1) is 0 Å². The third-order valence-corrected chi connectivity index (χ3v) is 10.9. The average molecular weight is 700 g/mol. The molecule has 3 aromatic rings. The molecule has 3 aromatic carbocycles. The van der Waals surface area contributed by atoms with E-state index < -0.39 is 62.5 Å². The summed E-state index contributed by atoms with van der Waals surface area (Å²) >= 11 is 0. The molecule has 8 nitrogen and oxygen atoms in total. The number of hydrogen-bond donors (Lipinski definition) is 3. The second-order valence-electron chi connectivity index (χ2n) is 12.7. The number of aliphatic hydroxyl groups excluding tert-OH is 1. The highest BCUT2D eigenvalue weighted by Gasteiger charge is 2.35. The van der Waals surface area contributed by atoms with E-state index in [2.05, 4.69) is 5.32 Å². The molecule has 0 spiro atoms. The number of nitrogens with one attached hydrogen (secondary N) is 1. The number of benzene rings is 3. The monoisotopic (exact) mass is 699 g/mol. The molecular formula is C38H51F2N3O5S. The predicted molar refractivity (Wildman–Crippen MR) is 189 cm³/mol. The highest BCUT2D eigenvalue weighted by molar-refractivity contribution is 7.92. The number of nitrogens with zero attached hydrogens (tertiary/aromatic N) is 1. The molecule has 0 saturated heterocycles. The number of sulfone groups is 1. The molecule has 268 valence electrons. The fourth-order valence-corrected chi connectivity index (χ4v) is 8.13. The fourth-order valence-electron chi connectivity index (χ4n) is 5.98. The Kier molecular flexibility index (Phi) is 15.8. The van der Waals surface area contributed by atoms with Crippen LogP contribution in [0.2, 0.25) is 0 Å². The number of halogens is 2. The molecule has 0 fully saturated rings. The minimum atomic E-state index is -3.83. The number of rotatable bonds is 20. The Morgan fingerprint density at radius 2 is 1.47 bits per heavy atom. The van der Waals surface area contributed by atoms with E-state index in [0.29, 0.717) is 32.1 Å². The molecule has 0 heterocycles. The van der Waals surface area contributed by atoms with Crippen molar-refractivity contribution in [3.05, 3.63) is 107 Å². The molecule has 0 aliphatic heterocycles. The van der Waals surface area contributed by atoms with Gasteiger partial charge in [-0.2, -0.15) is 0 Å². The van der Waals surface area contributed by atoms with Crippen LogP contribution < -0.4 is 11.1 Å². The highest BCUT2D eigenvalue weighted by atomic mass is 32.2. The Morgan fingerprint density at radius 1 is 0.857 bits per heavy atom. The van der Waals surface area contributed by atoms with Gasteiger partial charge < -0.3 is 21.1 Å². The Hall–Kier alpha value is -3.67. The van der Waals surface area contributed by atoms with Crippen molar-refractivity contribution < 1.29 is 31.9 Å². The van der Waals surface area contributed by atoms with Crippen molar-refractivity contribution in [1.82, 2.24) is 10.2 Å². The van der Waals surface area contributed by atoms with Crippen molar-refractivity contribution in [1.29, 1.82) is 0 Å². The largest absolute Gasteiger partial charge is 0.390 e. The molecule has 49 heavy (non-hydrogen) atoms. The second-order valence-corrected chi connectivity index (χ2v) is 15.1. The van der Waals surface area contributed by atoms with Gasteiger partial charge in [0.05, 0.1) is 17.1 Å². The number of hydrogen-bond acceptors (Lipinski definition) is 6. The summed E-state index contributed by atoms with van der Waals surface area (Å²) in [6.07, 6.45) is 1.91. The topological polar surface area (TPSA) is 130 Å². The van der Waals surface area contributed by atoms with E-state index >= 15 is 0 Å². The Labute approximate surface area is 290 Å². The standard InChI is InChI=1S/C38H51F2N3O5S/c1-4-11-33(12-5-2)49(47,48)26-35(42-37(45)18-17-28-13-8-7-9-14-28)38(46)43(24-29-16-10-15-27(6-3)19-29)25-36(44)34(41)22-30-20-31(39)23-32(40)21-30/h7-10,13-16,19-21,23,33-36,44H,4-6,11-12,17-18,22,24-26,41H2,1-3H3,(H,42,45)/t34?,35?,36-/m1/s1. The zero-order valence-electron chi connectivity index (χ0n) is 28.8. The second kappa shape index (κ2) is 19.5. The summed E-state index contributed by atoms with van der Waals surface area (Å²) in [5.74, 6) is -3.29. The van der Waals surface area contributed by atoms with Gasteiger partial charge in [-0.25, -0.2) is 17.2 Å². The number of nitrogens with two attached hydrogens (primary N) is 1. The fraction of sp³-hybridized carbons (Fsp3) is 0.474. The summed E-state index contributed by atoms with van der Waals surface area (Å²) in [5.41, 5.74) is 9.22. The van der Waals surface area contributed by atoms with E-state index in [9.17, 15) is 31.9 Å². The quantitative estimate of drug-likeness (QED) is 0.147. The van der Waals surface area contributed by atoms with E-state index in [1.165, 1.54) is 4.90 Å². The van der Waals surface area contributed by atoms with Crippen molar-refractivity contribution in [3.8, 4) is 0 Å². The smallest absolute Gasteiger partial charge is 0.246 e. The van der Waals surface area contributed by atoms with Gasteiger partial charge in [-0.05, 0) is 66.5 Å². The summed E-state index contributed by atoms with van der Waals surface area (Å²) in [6.45, 7) is 5.50. The normalized spacial score (nSPS) is 13.6. The third-order valence-electron chi connectivity index (χ3n) is 8.63. The highest BCUT2D eigenvalue weighted by Crippen LogP contribution is 2.19. The molecule has 0 aliphatic carbocycles. The molecule has 11 heteroatoms. The van der Waals surface area contributed by atoms with Gasteiger partial charge in [0.2, 0.25) is 11.8 Å². The van der Waals surface area contributed by atoms with Crippen molar-refractivity contribution in [3.63, 3.8) is 0 Å².